The molecular formula is C34H23ClF8N2O. The van der Waals surface area contributed by atoms with Gasteiger partial charge in [0.15, 0.2) is 5.82 Å². The van der Waals surface area contributed by atoms with E-state index in [9.17, 15) is 22.0 Å². The molecule has 0 spiro atoms. The monoisotopic (exact) mass is 662 g/mol. The zero-order valence-electron chi connectivity index (χ0n) is 24.0. The predicted molar refractivity (Wildman–Crippen MR) is 157 cm³/mol. The second-order valence-electron chi connectivity index (χ2n) is 10.4. The number of nitrogens with zero attached hydrogens (tertiary/aromatic N) is 2. The fourth-order valence-electron chi connectivity index (χ4n) is 4.81. The zero-order valence-corrected chi connectivity index (χ0v) is 24.7. The molecule has 5 rings (SSSR count). The Morgan fingerprint density at radius 1 is 0.652 bits per heavy atom. The van der Waals surface area contributed by atoms with Crippen LogP contribution in [-0.4, -0.2) is 9.97 Å². The van der Waals surface area contributed by atoms with Gasteiger partial charge in [0.25, 0.3) is 0 Å². The second kappa shape index (κ2) is 13.5. The van der Waals surface area contributed by atoms with Gasteiger partial charge in [-0.2, -0.15) is 8.78 Å². The van der Waals surface area contributed by atoms with E-state index in [2.05, 4.69) is 21.6 Å². The minimum atomic E-state index is -4.57. The Morgan fingerprint density at radius 2 is 1.20 bits per heavy atom. The SMILES string of the molecule is CCCCCc1cnc(-c2cc(F)c(C(F)(F)Oc3ccc(-c4ccc(-c5cc(F)c(Cl)c(F)c5)c(F)c4)c(F)c3)c(F)c2)nc1. The summed E-state index contributed by atoms with van der Waals surface area (Å²) in [6, 6.07) is 8.67. The summed E-state index contributed by atoms with van der Waals surface area (Å²) >= 11 is 5.47. The molecule has 0 aliphatic rings. The molecule has 0 unspecified atom stereocenters. The normalized spacial score (nSPS) is 11.6. The van der Waals surface area contributed by atoms with Gasteiger partial charge in [0.05, 0.1) is 0 Å². The molecule has 0 aliphatic carbocycles. The van der Waals surface area contributed by atoms with Crippen molar-refractivity contribution in [1.29, 1.82) is 0 Å². The van der Waals surface area contributed by atoms with Crippen molar-refractivity contribution in [2.45, 2.75) is 38.7 Å². The van der Waals surface area contributed by atoms with Gasteiger partial charge in [0, 0.05) is 35.2 Å². The average Bonchev–Trinajstić information content (AvgIpc) is 2.99. The minimum Gasteiger partial charge on any atom is -0.429 e. The van der Waals surface area contributed by atoms with Crippen LogP contribution in [0.15, 0.2) is 73.1 Å². The lowest BCUT2D eigenvalue weighted by Crippen LogP contribution is -2.25. The second-order valence-corrected chi connectivity index (χ2v) is 10.8. The molecule has 46 heavy (non-hydrogen) atoms. The Bertz CT molecular complexity index is 1850. The summed E-state index contributed by atoms with van der Waals surface area (Å²) in [4.78, 5) is 8.17. The van der Waals surface area contributed by atoms with Crippen molar-refractivity contribution in [2.24, 2.45) is 0 Å². The first-order valence-electron chi connectivity index (χ1n) is 14.0. The number of benzene rings is 4. The van der Waals surface area contributed by atoms with E-state index >= 15 is 13.2 Å². The first kappa shape index (κ1) is 32.9. The van der Waals surface area contributed by atoms with Crippen molar-refractivity contribution in [3.63, 3.8) is 0 Å². The summed E-state index contributed by atoms with van der Waals surface area (Å²) in [5, 5.41) is -0.758. The van der Waals surface area contributed by atoms with Gasteiger partial charge in [-0.1, -0.05) is 43.5 Å². The van der Waals surface area contributed by atoms with E-state index in [1.807, 2.05) is 0 Å². The number of halogens is 9. The first-order valence-corrected chi connectivity index (χ1v) is 14.4. The molecule has 0 saturated carbocycles. The van der Waals surface area contributed by atoms with Crippen LogP contribution in [0.3, 0.4) is 0 Å². The highest BCUT2D eigenvalue weighted by atomic mass is 35.5. The number of alkyl halides is 2. The van der Waals surface area contributed by atoms with Crippen LogP contribution in [0.5, 0.6) is 5.75 Å². The largest absolute Gasteiger partial charge is 0.432 e. The van der Waals surface area contributed by atoms with Gasteiger partial charge in [-0.3, -0.25) is 0 Å². The summed E-state index contributed by atoms with van der Waals surface area (Å²) in [5.41, 5.74) is -1.71. The average molecular weight is 663 g/mol. The van der Waals surface area contributed by atoms with Gasteiger partial charge < -0.3 is 4.74 Å². The molecule has 0 fully saturated rings. The van der Waals surface area contributed by atoms with Crippen LogP contribution in [-0.2, 0) is 12.5 Å². The lowest BCUT2D eigenvalue weighted by molar-refractivity contribution is -0.189. The van der Waals surface area contributed by atoms with Gasteiger partial charge in [-0.15, -0.1) is 0 Å². The fraction of sp³-hybridized carbons (Fsp3) is 0.176. The van der Waals surface area contributed by atoms with E-state index in [1.165, 1.54) is 18.5 Å². The number of unbranched alkanes of at least 4 members (excludes halogenated alkanes) is 2. The van der Waals surface area contributed by atoms with Gasteiger partial charge >= 0.3 is 6.11 Å². The molecule has 12 heteroatoms. The van der Waals surface area contributed by atoms with Crippen LogP contribution in [0.25, 0.3) is 33.6 Å². The topological polar surface area (TPSA) is 35.0 Å². The molecule has 0 aliphatic heterocycles. The van der Waals surface area contributed by atoms with Gasteiger partial charge in [-0.25, -0.2) is 36.3 Å². The van der Waals surface area contributed by atoms with E-state index < -0.39 is 57.3 Å². The van der Waals surface area contributed by atoms with Crippen LogP contribution < -0.4 is 4.74 Å². The van der Waals surface area contributed by atoms with Crippen molar-refractivity contribution < 1.29 is 39.9 Å². The van der Waals surface area contributed by atoms with Crippen molar-refractivity contribution >= 4 is 11.6 Å². The highest BCUT2D eigenvalue weighted by Gasteiger charge is 2.41. The third-order valence-corrected chi connectivity index (χ3v) is 7.49. The molecule has 5 aromatic rings. The number of hydrogen-bond donors (Lipinski definition) is 0. The molecule has 0 bridgehead atoms. The van der Waals surface area contributed by atoms with Crippen molar-refractivity contribution in [1.82, 2.24) is 9.97 Å². The molecule has 0 amide bonds. The van der Waals surface area contributed by atoms with E-state index in [1.54, 1.807) is 0 Å². The standard InChI is InChI=1S/C34H23ClF8N2O/c1-2-3-4-5-18-16-44-33(45-17-18)21-13-27(38)31(28(39)14-21)34(42,43)46-22-7-9-23(26(37)15-22)19-6-8-24(25(36)10-19)20-11-29(40)32(35)30(41)12-20/h6-17H,2-5H2,1H3. The third kappa shape index (κ3) is 6.99. The summed E-state index contributed by atoms with van der Waals surface area (Å²) < 4.78 is 122. The minimum absolute atomic E-state index is 0.0455. The smallest absolute Gasteiger partial charge is 0.429 e. The van der Waals surface area contributed by atoms with Crippen molar-refractivity contribution in [2.75, 3.05) is 0 Å². The number of ether oxygens (including phenoxy) is 1. The van der Waals surface area contributed by atoms with Gasteiger partial charge in [0.1, 0.15) is 51.2 Å². The molecular weight excluding hydrogens is 640 g/mol. The fourth-order valence-corrected chi connectivity index (χ4v) is 4.92. The number of hydrogen-bond acceptors (Lipinski definition) is 3. The van der Waals surface area contributed by atoms with Crippen LogP contribution in [0.1, 0.15) is 37.3 Å². The summed E-state index contributed by atoms with van der Waals surface area (Å²) in [6.45, 7) is 2.06. The summed E-state index contributed by atoms with van der Waals surface area (Å²) in [7, 11) is 0. The molecule has 238 valence electrons. The zero-order chi connectivity index (χ0) is 33.2. The lowest BCUT2D eigenvalue weighted by atomic mass is 9.99. The quantitative estimate of drug-likeness (QED) is 0.0848. The maximum atomic E-state index is 15.0. The number of aromatic nitrogens is 2. The summed E-state index contributed by atoms with van der Waals surface area (Å²) in [5.74, 6) is -8.42. The molecule has 1 aromatic heterocycles. The Morgan fingerprint density at radius 3 is 1.78 bits per heavy atom. The van der Waals surface area contributed by atoms with E-state index in [0.29, 0.717) is 18.2 Å². The van der Waals surface area contributed by atoms with Crippen LogP contribution in [0.4, 0.5) is 35.1 Å². The maximum Gasteiger partial charge on any atom is 0.432 e. The predicted octanol–water partition coefficient (Wildman–Crippen LogP) is 10.8. The van der Waals surface area contributed by atoms with Crippen LogP contribution in [0.2, 0.25) is 5.02 Å². The van der Waals surface area contributed by atoms with Crippen LogP contribution in [0, 0.1) is 34.9 Å². The van der Waals surface area contributed by atoms with E-state index in [-0.39, 0.29) is 33.6 Å². The van der Waals surface area contributed by atoms with E-state index in [4.69, 9.17) is 11.6 Å². The van der Waals surface area contributed by atoms with Crippen molar-refractivity contribution in [3.8, 4) is 39.4 Å². The highest BCUT2D eigenvalue weighted by molar-refractivity contribution is 6.31. The Kier molecular flexibility index (Phi) is 9.62. The Labute approximate surface area is 263 Å². The molecule has 3 nitrogen and oxygen atoms in total. The molecule has 0 radical (unpaired) electrons. The summed E-state index contributed by atoms with van der Waals surface area (Å²) in [6.07, 6.45) is 2.12. The molecule has 4 aromatic carbocycles. The van der Waals surface area contributed by atoms with Crippen LogP contribution >= 0.6 is 11.6 Å². The van der Waals surface area contributed by atoms with Gasteiger partial charge in [-0.05, 0) is 72.0 Å². The maximum absolute atomic E-state index is 15.0. The Hall–Kier alpha value is -4.51. The molecule has 0 atom stereocenters. The molecule has 0 saturated heterocycles. The van der Waals surface area contributed by atoms with Gasteiger partial charge in [0.2, 0.25) is 0 Å². The van der Waals surface area contributed by atoms with Crippen molar-refractivity contribution in [3.05, 3.63) is 124 Å². The molecule has 0 N–H and O–H groups in total. The number of rotatable bonds is 10. The molecule has 1 heterocycles. The lowest BCUT2D eigenvalue weighted by Gasteiger charge is -2.20. The Balaban J connectivity index is 1.35. The third-order valence-electron chi connectivity index (χ3n) is 7.13. The first-order chi connectivity index (χ1) is 21.9. The highest BCUT2D eigenvalue weighted by Crippen LogP contribution is 2.38. The van der Waals surface area contributed by atoms with E-state index in [0.717, 1.165) is 67.6 Å². The number of aryl methyl sites for hydroxylation is 1.